The van der Waals surface area contributed by atoms with E-state index in [-0.39, 0.29) is 16.5 Å². The Morgan fingerprint density at radius 2 is 1.66 bits per heavy atom. The van der Waals surface area contributed by atoms with Crippen LogP contribution in [-0.4, -0.2) is 26.2 Å². The van der Waals surface area contributed by atoms with Gasteiger partial charge in [0.15, 0.2) is 5.83 Å². The molecule has 0 saturated heterocycles. The molecule has 0 bridgehead atoms. The number of sulfonamides is 1. The second-order valence-corrected chi connectivity index (χ2v) is 9.87. The number of anilines is 1. The Hall–Kier alpha value is -3.82. The minimum Gasteiger partial charge on any atom is -0.383 e. The normalized spacial score (nSPS) is 14.9. The number of rotatable bonds is 7. The zero-order chi connectivity index (χ0) is 25.2. The van der Waals surface area contributed by atoms with Crippen molar-refractivity contribution in [1.82, 2.24) is 0 Å². The molecule has 35 heavy (non-hydrogen) atoms. The van der Waals surface area contributed by atoms with Crippen molar-refractivity contribution in [3.05, 3.63) is 89.8 Å². The summed E-state index contributed by atoms with van der Waals surface area (Å²) in [4.78, 5) is 17.0. The lowest BCUT2D eigenvalue weighted by atomic mass is 10.0. The third kappa shape index (κ3) is 5.82. The fraction of sp³-hybridized carbons (Fsp3) is 0.154. The van der Waals surface area contributed by atoms with Crippen LogP contribution in [0.5, 0.6) is 0 Å². The minimum absolute atomic E-state index is 0.00793. The quantitative estimate of drug-likeness (QED) is 0.259. The molecule has 1 aliphatic carbocycles. The second-order valence-electron chi connectivity index (χ2n) is 8.34. The van der Waals surface area contributed by atoms with Gasteiger partial charge >= 0.3 is 0 Å². The molecule has 0 radical (unpaired) electrons. The van der Waals surface area contributed by atoms with Gasteiger partial charge in [-0.25, -0.2) is 17.9 Å². The van der Waals surface area contributed by atoms with E-state index in [1.165, 1.54) is 13.0 Å². The van der Waals surface area contributed by atoms with Gasteiger partial charge in [0.2, 0.25) is 10.0 Å². The zero-order valence-electron chi connectivity index (χ0n) is 19.0. The number of nitrogens with two attached hydrogens (primary N) is 2. The molecule has 3 aromatic rings. The van der Waals surface area contributed by atoms with E-state index in [0.717, 1.165) is 12.8 Å². The van der Waals surface area contributed by atoms with E-state index in [1.807, 2.05) is 0 Å². The fourth-order valence-electron chi connectivity index (χ4n) is 3.56. The van der Waals surface area contributed by atoms with Gasteiger partial charge < -0.3 is 11.1 Å². The summed E-state index contributed by atoms with van der Waals surface area (Å²) in [5, 5.41) is 7.83. The van der Waals surface area contributed by atoms with Gasteiger partial charge in [-0.3, -0.25) is 9.79 Å². The van der Waals surface area contributed by atoms with Crippen molar-refractivity contribution in [3.8, 4) is 11.1 Å². The molecule has 0 aromatic heterocycles. The summed E-state index contributed by atoms with van der Waals surface area (Å²) in [6.45, 7) is 1.52. The maximum Gasteiger partial charge on any atom is 0.284 e. The van der Waals surface area contributed by atoms with Gasteiger partial charge in [0, 0.05) is 16.8 Å². The highest BCUT2D eigenvalue weighted by Crippen LogP contribution is 2.28. The van der Waals surface area contributed by atoms with Crippen molar-refractivity contribution >= 4 is 33.0 Å². The lowest BCUT2D eigenvalue weighted by molar-refractivity contribution is -0.114. The molecule has 3 aromatic carbocycles. The van der Waals surface area contributed by atoms with Gasteiger partial charge in [0.05, 0.1) is 10.9 Å². The lowest BCUT2D eigenvalue weighted by Gasteiger charge is -2.10. The van der Waals surface area contributed by atoms with Crippen molar-refractivity contribution in [2.75, 3.05) is 5.32 Å². The SMILES string of the molecule is C/C(=C(\F)C(=O)Nc1ccc(-c2ccccc2S(N)(=O)=O)cc1)c1cccc(C(N)=NC2CC2)c1. The van der Waals surface area contributed by atoms with Crippen molar-refractivity contribution < 1.29 is 17.6 Å². The highest BCUT2D eigenvalue weighted by Gasteiger charge is 2.21. The molecule has 180 valence electrons. The zero-order valence-corrected chi connectivity index (χ0v) is 19.8. The van der Waals surface area contributed by atoms with Crippen LogP contribution in [0.2, 0.25) is 0 Å². The van der Waals surface area contributed by atoms with Crippen LogP contribution in [0.4, 0.5) is 10.1 Å². The standard InChI is InChI=1S/C26H25FN4O3S/c1-16(18-5-4-6-19(15-18)25(28)30-20-13-14-20)24(27)26(32)31-21-11-9-17(10-12-21)22-7-2-3-8-23(22)35(29,33)34/h2-12,15,20H,13-14H2,1H3,(H2,28,30)(H,31,32)(H2,29,33,34)/b24-16+. The van der Waals surface area contributed by atoms with Crippen LogP contribution in [0.25, 0.3) is 16.7 Å². The Balaban J connectivity index is 1.52. The Morgan fingerprint density at radius 1 is 1.00 bits per heavy atom. The summed E-state index contributed by atoms with van der Waals surface area (Å²) in [7, 11) is -3.91. The van der Waals surface area contributed by atoms with Crippen LogP contribution < -0.4 is 16.2 Å². The lowest BCUT2D eigenvalue weighted by Crippen LogP contribution is -2.15. The van der Waals surface area contributed by atoms with Crippen molar-refractivity contribution in [3.63, 3.8) is 0 Å². The van der Waals surface area contributed by atoms with Gasteiger partial charge in [-0.1, -0.05) is 48.5 Å². The first-order valence-corrected chi connectivity index (χ1v) is 12.5. The molecule has 0 aliphatic heterocycles. The Morgan fingerprint density at radius 3 is 2.31 bits per heavy atom. The largest absolute Gasteiger partial charge is 0.383 e. The second kappa shape index (κ2) is 9.81. The van der Waals surface area contributed by atoms with Crippen LogP contribution in [0, 0.1) is 0 Å². The number of amidine groups is 1. The Labute approximate surface area is 203 Å². The maximum atomic E-state index is 15.0. The molecule has 1 saturated carbocycles. The summed E-state index contributed by atoms with van der Waals surface area (Å²) in [6.07, 6.45) is 2.04. The number of primary sulfonamides is 1. The molecule has 9 heteroatoms. The van der Waals surface area contributed by atoms with Gasteiger partial charge in [0.1, 0.15) is 5.84 Å². The molecule has 4 rings (SSSR count). The molecule has 7 nitrogen and oxygen atoms in total. The molecule has 1 fully saturated rings. The number of nitrogens with zero attached hydrogens (tertiary/aromatic N) is 1. The maximum absolute atomic E-state index is 15.0. The smallest absolute Gasteiger partial charge is 0.284 e. The number of hydrogen-bond donors (Lipinski definition) is 3. The molecule has 1 amide bonds. The monoisotopic (exact) mass is 492 g/mol. The van der Waals surface area contributed by atoms with E-state index < -0.39 is 21.8 Å². The van der Waals surface area contributed by atoms with E-state index in [2.05, 4.69) is 10.3 Å². The van der Waals surface area contributed by atoms with Crippen LogP contribution in [0.3, 0.4) is 0 Å². The van der Waals surface area contributed by atoms with Gasteiger partial charge in [0.25, 0.3) is 5.91 Å². The fourth-order valence-corrected chi connectivity index (χ4v) is 4.32. The average molecular weight is 493 g/mol. The summed E-state index contributed by atoms with van der Waals surface area (Å²) < 4.78 is 38.7. The number of carbonyl (C=O) groups excluding carboxylic acids is 1. The van der Waals surface area contributed by atoms with E-state index >= 15 is 0 Å². The third-order valence-electron chi connectivity index (χ3n) is 5.64. The topological polar surface area (TPSA) is 128 Å². The predicted octanol–water partition coefficient (Wildman–Crippen LogP) is 4.21. The number of allylic oxidation sites excluding steroid dienone is 1. The molecule has 1 aliphatic rings. The highest BCUT2D eigenvalue weighted by atomic mass is 32.2. The summed E-state index contributed by atoms with van der Waals surface area (Å²) >= 11 is 0. The summed E-state index contributed by atoms with van der Waals surface area (Å²) in [5.41, 5.74) is 8.79. The highest BCUT2D eigenvalue weighted by molar-refractivity contribution is 7.89. The van der Waals surface area contributed by atoms with E-state index in [4.69, 9.17) is 10.9 Å². The van der Waals surface area contributed by atoms with Crippen LogP contribution in [0.15, 0.2) is 88.5 Å². The number of aliphatic imine (C=N–C) groups is 1. The predicted molar refractivity (Wildman–Crippen MR) is 136 cm³/mol. The van der Waals surface area contributed by atoms with Crippen LogP contribution in [0.1, 0.15) is 30.9 Å². The number of benzene rings is 3. The van der Waals surface area contributed by atoms with Crippen molar-refractivity contribution in [2.24, 2.45) is 15.9 Å². The average Bonchev–Trinajstić information content (AvgIpc) is 3.67. The Bertz CT molecular complexity index is 1440. The summed E-state index contributed by atoms with van der Waals surface area (Å²) in [6, 6.07) is 19.9. The van der Waals surface area contributed by atoms with Crippen molar-refractivity contribution in [1.29, 1.82) is 0 Å². The first-order chi connectivity index (χ1) is 16.6. The van der Waals surface area contributed by atoms with E-state index in [1.54, 1.807) is 66.7 Å². The number of nitrogens with one attached hydrogen (secondary N) is 1. The molecule has 5 N–H and O–H groups in total. The van der Waals surface area contributed by atoms with Gasteiger partial charge in [-0.05, 0) is 60.7 Å². The number of hydrogen-bond acceptors (Lipinski definition) is 4. The first-order valence-electron chi connectivity index (χ1n) is 11.0. The first kappa shape index (κ1) is 24.3. The number of amides is 1. The number of carbonyl (C=O) groups is 1. The minimum atomic E-state index is -3.91. The molecular formula is C26H25FN4O3S. The van der Waals surface area contributed by atoms with E-state index in [0.29, 0.717) is 33.8 Å². The molecule has 0 heterocycles. The molecule has 0 atom stereocenters. The van der Waals surface area contributed by atoms with E-state index in [9.17, 15) is 17.6 Å². The molecule has 0 spiro atoms. The Kier molecular flexibility index (Phi) is 6.81. The van der Waals surface area contributed by atoms with Crippen LogP contribution in [-0.2, 0) is 14.8 Å². The molecule has 0 unspecified atom stereocenters. The van der Waals surface area contributed by atoms with Crippen LogP contribution >= 0.6 is 0 Å². The number of halogens is 1. The third-order valence-corrected chi connectivity index (χ3v) is 6.60. The van der Waals surface area contributed by atoms with Gasteiger partial charge in [-0.15, -0.1) is 0 Å². The van der Waals surface area contributed by atoms with Gasteiger partial charge in [-0.2, -0.15) is 0 Å². The van der Waals surface area contributed by atoms with Crippen molar-refractivity contribution in [2.45, 2.75) is 30.7 Å². The summed E-state index contributed by atoms with van der Waals surface area (Å²) in [5.74, 6) is -1.43. The molecular weight excluding hydrogens is 467 g/mol.